The summed E-state index contributed by atoms with van der Waals surface area (Å²) >= 11 is 6.00. The molecule has 0 aromatic heterocycles. The molecule has 18 heavy (non-hydrogen) atoms. The normalized spacial score (nSPS) is 12.2. The Labute approximate surface area is 114 Å². The lowest BCUT2D eigenvalue weighted by Crippen LogP contribution is -2.29. The Balaban J connectivity index is 2.43. The van der Waals surface area contributed by atoms with Gasteiger partial charge in [-0.3, -0.25) is 4.79 Å². The predicted octanol–water partition coefficient (Wildman–Crippen LogP) is 3.37. The zero-order valence-corrected chi connectivity index (χ0v) is 12.0. The molecule has 0 aliphatic carbocycles. The summed E-state index contributed by atoms with van der Waals surface area (Å²) in [6, 6.07) is 5.96. The van der Waals surface area contributed by atoms with Crippen LogP contribution in [0.25, 0.3) is 0 Å². The maximum Gasteiger partial charge on any atom is 0.225 e. The van der Waals surface area contributed by atoms with Crippen LogP contribution in [0.4, 0.5) is 5.69 Å². The highest BCUT2D eigenvalue weighted by molar-refractivity contribution is 6.31. The molecule has 0 saturated heterocycles. The third kappa shape index (κ3) is 4.67. The molecule has 1 amide bonds. The van der Waals surface area contributed by atoms with Gasteiger partial charge in [-0.2, -0.15) is 0 Å². The lowest BCUT2D eigenvalue weighted by atomic mass is 10.2. The van der Waals surface area contributed by atoms with E-state index in [1.165, 1.54) is 0 Å². The molecule has 1 unspecified atom stereocenters. The van der Waals surface area contributed by atoms with Gasteiger partial charge in [0.2, 0.25) is 5.91 Å². The molecule has 3 nitrogen and oxygen atoms in total. The fourth-order valence-corrected chi connectivity index (χ4v) is 1.71. The van der Waals surface area contributed by atoms with Crippen LogP contribution in [0.15, 0.2) is 18.2 Å². The minimum absolute atomic E-state index is 0.0103. The molecule has 4 heteroatoms. The van der Waals surface area contributed by atoms with Crippen LogP contribution in [0, 0.1) is 6.92 Å². The van der Waals surface area contributed by atoms with Gasteiger partial charge >= 0.3 is 0 Å². The second kappa shape index (κ2) is 7.39. The lowest BCUT2D eigenvalue weighted by molar-refractivity contribution is -0.116. The molecule has 0 aliphatic rings. The van der Waals surface area contributed by atoms with E-state index in [4.69, 9.17) is 11.6 Å². The van der Waals surface area contributed by atoms with E-state index in [0.29, 0.717) is 24.0 Å². The van der Waals surface area contributed by atoms with Crippen LogP contribution >= 0.6 is 11.6 Å². The number of hydrogen-bond donors (Lipinski definition) is 2. The van der Waals surface area contributed by atoms with E-state index in [-0.39, 0.29) is 5.91 Å². The monoisotopic (exact) mass is 268 g/mol. The first-order valence-corrected chi connectivity index (χ1v) is 6.70. The lowest BCUT2D eigenvalue weighted by Gasteiger charge is -2.12. The van der Waals surface area contributed by atoms with E-state index in [1.54, 1.807) is 0 Å². The average Bonchev–Trinajstić information content (AvgIpc) is 2.34. The van der Waals surface area contributed by atoms with Crippen molar-refractivity contribution in [3.05, 3.63) is 28.8 Å². The van der Waals surface area contributed by atoms with Crippen LogP contribution in [0.3, 0.4) is 0 Å². The van der Waals surface area contributed by atoms with E-state index >= 15 is 0 Å². The Morgan fingerprint density at radius 3 is 2.83 bits per heavy atom. The third-order valence-electron chi connectivity index (χ3n) is 3.00. The van der Waals surface area contributed by atoms with E-state index < -0.39 is 0 Å². The smallest absolute Gasteiger partial charge is 0.225 e. The van der Waals surface area contributed by atoms with Crippen LogP contribution in [0.2, 0.25) is 5.02 Å². The van der Waals surface area contributed by atoms with E-state index in [1.807, 2.05) is 25.1 Å². The maximum absolute atomic E-state index is 11.8. The van der Waals surface area contributed by atoms with Crippen molar-refractivity contribution < 1.29 is 4.79 Å². The van der Waals surface area contributed by atoms with E-state index in [0.717, 1.165) is 17.7 Å². The van der Waals surface area contributed by atoms with Crippen molar-refractivity contribution in [2.24, 2.45) is 0 Å². The van der Waals surface area contributed by atoms with Gasteiger partial charge in [-0.25, -0.2) is 0 Å². The largest absolute Gasteiger partial charge is 0.326 e. The first kappa shape index (κ1) is 15.0. The van der Waals surface area contributed by atoms with E-state index in [9.17, 15) is 4.79 Å². The molecule has 0 spiro atoms. The van der Waals surface area contributed by atoms with Gasteiger partial charge in [-0.15, -0.1) is 0 Å². The second-order valence-corrected chi connectivity index (χ2v) is 4.88. The van der Waals surface area contributed by atoms with Crippen molar-refractivity contribution >= 4 is 23.2 Å². The van der Waals surface area contributed by atoms with Gasteiger partial charge in [0, 0.05) is 29.7 Å². The number of rotatable bonds is 6. The number of anilines is 1. The van der Waals surface area contributed by atoms with Crippen LogP contribution in [-0.2, 0) is 4.79 Å². The average molecular weight is 269 g/mol. The summed E-state index contributed by atoms with van der Waals surface area (Å²) in [5, 5.41) is 6.84. The van der Waals surface area contributed by atoms with Gasteiger partial charge in [0.15, 0.2) is 0 Å². The summed E-state index contributed by atoms with van der Waals surface area (Å²) < 4.78 is 0. The Morgan fingerprint density at radius 1 is 1.44 bits per heavy atom. The molecule has 0 bridgehead atoms. The number of halogens is 1. The summed E-state index contributed by atoms with van der Waals surface area (Å²) in [5.74, 6) is 0.0103. The van der Waals surface area contributed by atoms with Crippen molar-refractivity contribution in [3.63, 3.8) is 0 Å². The molecule has 0 fully saturated rings. The van der Waals surface area contributed by atoms with Crippen LogP contribution < -0.4 is 10.6 Å². The molecular weight excluding hydrogens is 248 g/mol. The molecule has 2 N–H and O–H groups in total. The fraction of sp³-hybridized carbons (Fsp3) is 0.500. The second-order valence-electron chi connectivity index (χ2n) is 4.47. The number of nitrogens with one attached hydrogen (secondary N) is 2. The molecule has 0 saturated carbocycles. The van der Waals surface area contributed by atoms with Gasteiger partial charge in [0.05, 0.1) is 0 Å². The van der Waals surface area contributed by atoms with Crippen molar-refractivity contribution in [3.8, 4) is 0 Å². The summed E-state index contributed by atoms with van der Waals surface area (Å²) in [4.78, 5) is 11.8. The number of carbonyl (C=O) groups excluding carboxylic acids is 1. The standard InChI is InChI=1S/C14H21ClN2O/c1-4-10(2)16-9-8-14(18)17-13-7-5-6-12(15)11(13)3/h5-7,10,16H,4,8-9H2,1-3H3,(H,17,18). The quantitative estimate of drug-likeness (QED) is 0.831. The van der Waals surface area contributed by atoms with Gasteiger partial charge < -0.3 is 10.6 Å². The topological polar surface area (TPSA) is 41.1 Å². The highest BCUT2D eigenvalue weighted by atomic mass is 35.5. The number of hydrogen-bond acceptors (Lipinski definition) is 2. The van der Waals surface area contributed by atoms with Gasteiger partial charge in [0.1, 0.15) is 0 Å². The molecule has 1 aromatic carbocycles. The Hall–Kier alpha value is -1.06. The minimum atomic E-state index is 0.0103. The summed E-state index contributed by atoms with van der Waals surface area (Å²) in [6.07, 6.45) is 1.53. The SMILES string of the molecule is CCC(C)NCCC(=O)Nc1cccc(Cl)c1C. The highest BCUT2D eigenvalue weighted by Crippen LogP contribution is 2.22. The number of amides is 1. The van der Waals surface area contributed by atoms with Crippen LogP contribution in [-0.4, -0.2) is 18.5 Å². The van der Waals surface area contributed by atoms with E-state index in [2.05, 4.69) is 24.5 Å². The predicted molar refractivity (Wildman–Crippen MR) is 77.2 cm³/mol. The van der Waals surface area contributed by atoms with Crippen LogP contribution in [0.1, 0.15) is 32.3 Å². The highest BCUT2D eigenvalue weighted by Gasteiger charge is 2.07. The molecule has 1 aromatic rings. The Morgan fingerprint density at radius 2 is 2.17 bits per heavy atom. The van der Waals surface area contributed by atoms with Crippen molar-refractivity contribution in [1.29, 1.82) is 0 Å². The molecule has 100 valence electrons. The molecular formula is C14H21ClN2O. The first-order chi connectivity index (χ1) is 8.54. The molecule has 0 radical (unpaired) electrons. The Bertz CT molecular complexity index is 407. The van der Waals surface area contributed by atoms with Crippen molar-refractivity contribution in [2.75, 3.05) is 11.9 Å². The Kier molecular flexibility index (Phi) is 6.16. The molecule has 1 rings (SSSR count). The van der Waals surface area contributed by atoms with Gasteiger partial charge in [-0.05, 0) is 38.0 Å². The van der Waals surface area contributed by atoms with Gasteiger partial charge in [0.25, 0.3) is 0 Å². The summed E-state index contributed by atoms with van der Waals surface area (Å²) in [6.45, 7) is 6.82. The van der Waals surface area contributed by atoms with Crippen molar-refractivity contribution in [2.45, 2.75) is 39.7 Å². The summed E-state index contributed by atoms with van der Waals surface area (Å²) in [7, 11) is 0. The number of benzene rings is 1. The number of carbonyl (C=O) groups is 1. The zero-order valence-electron chi connectivity index (χ0n) is 11.2. The van der Waals surface area contributed by atoms with Crippen LogP contribution in [0.5, 0.6) is 0 Å². The molecule has 1 atom stereocenters. The molecule has 0 heterocycles. The van der Waals surface area contributed by atoms with Gasteiger partial charge in [-0.1, -0.05) is 24.6 Å². The fourth-order valence-electron chi connectivity index (χ4n) is 1.53. The maximum atomic E-state index is 11.8. The molecule has 0 aliphatic heterocycles. The first-order valence-electron chi connectivity index (χ1n) is 6.33. The zero-order chi connectivity index (χ0) is 13.5. The minimum Gasteiger partial charge on any atom is -0.326 e. The third-order valence-corrected chi connectivity index (χ3v) is 3.41. The van der Waals surface area contributed by atoms with Crippen molar-refractivity contribution in [1.82, 2.24) is 5.32 Å². The summed E-state index contributed by atoms with van der Waals surface area (Å²) in [5.41, 5.74) is 1.69.